The second-order valence-corrected chi connectivity index (χ2v) is 7.21. The fraction of sp³-hybridized carbons (Fsp3) is 0.333. The van der Waals surface area contributed by atoms with Crippen molar-refractivity contribution in [3.05, 3.63) is 52.1 Å². The molecular formula is C18H20N6S. The highest BCUT2D eigenvalue weighted by molar-refractivity contribution is 7.09. The summed E-state index contributed by atoms with van der Waals surface area (Å²) in [6.45, 7) is 6.99. The lowest BCUT2D eigenvalue weighted by Crippen LogP contribution is -2.02. The van der Waals surface area contributed by atoms with Crippen LogP contribution in [-0.2, 0) is 13.0 Å². The van der Waals surface area contributed by atoms with Crippen molar-refractivity contribution in [2.75, 3.05) is 0 Å². The molecule has 0 N–H and O–H groups in total. The molecule has 0 aliphatic rings. The van der Waals surface area contributed by atoms with E-state index in [2.05, 4.69) is 30.0 Å². The second-order valence-electron chi connectivity index (χ2n) is 6.26. The molecule has 0 aromatic carbocycles. The van der Waals surface area contributed by atoms with E-state index >= 15 is 0 Å². The van der Waals surface area contributed by atoms with E-state index in [4.69, 9.17) is 0 Å². The third-order valence-corrected chi connectivity index (χ3v) is 5.22. The van der Waals surface area contributed by atoms with E-state index in [0.29, 0.717) is 0 Å². The van der Waals surface area contributed by atoms with E-state index in [-0.39, 0.29) is 0 Å². The van der Waals surface area contributed by atoms with Crippen molar-refractivity contribution in [1.29, 1.82) is 0 Å². The van der Waals surface area contributed by atoms with Gasteiger partial charge in [-0.25, -0.2) is 19.5 Å². The first-order valence-corrected chi connectivity index (χ1v) is 9.24. The normalized spacial score (nSPS) is 11.5. The molecule has 0 fully saturated rings. The standard InChI is InChI=1S/C18H20N6S/c1-12-9-14(3)24-18(22-12)15(10-20-24)17-19-6-8-23(17)7-4-5-16-21-13(2)11-25-16/h6,8-11H,4-5,7H2,1-3H3. The van der Waals surface area contributed by atoms with Gasteiger partial charge in [-0.2, -0.15) is 5.10 Å². The van der Waals surface area contributed by atoms with Crippen LogP contribution in [0.15, 0.2) is 30.0 Å². The minimum Gasteiger partial charge on any atom is -0.331 e. The molecule has 4 aromatic heterocycles. The fourth-order valence-corrected chi connectivity index (χ4v) is 3.90. The number of hydrogen-bond donors (Lipinski definition) is 0. The van der Waals surface area contributed by atoms with Gasteiger partial charge in [0, 0.05) is 47.8 Å². The highest BCUT2D eigenvalue weighted by Crippen LogP contribution is 2.23. The lowest BCUT2D eigenvalue weighted by atomic mass is 10.2. The van der Waals surface area contributed by atoms with Crippen LogP contribution in [0.4, 0.5) is 0 Å². The van der Waals surface area contributed by atoms with Gasteiger partial charge in [0.15, 0.2) is 5.65 Å². The molecule has 7 heteroatoms. The van der Waals surface area contributed by atoms with Crippen LogP contribution in [0.5, 0.6) is 0 Å². The van der Waals surface area contributed by atoms with Gasteiger partial charge in [-0.15, -0.1) is 11.3 Å². The maximum absolute atomic E-state index is 4.66. The van der Waals surface area contributed by atoms with Gasteiger partial charge in [0.05, 0.1) is 16.8 Å². The van der Waals surface area contributed by atoms with Crippen LogP contribution in [0.25, 0.3) is 17.0 Å². The quantitative estimate of drug-likeness (QED) is 0.550. The Morgan fingerprint density at radius 3 is 2.80 bits per heavy atom. The van der Waals surface area contributed by atoms with Gasteiger partial charge in [0.2, 0.25) is 0 Å². The first-order valence-electron chi connectivity index (χ1n) is 8.36. The molecule has 0 radical (unpaired) electrons. The monoisotopic (exact) mass is 352 g/mol. The Morgan fingerprint density at radius 1 is 1.12 bits per heavy atom. The average molecular weight is 352 g/mol. The van der Waals surface area contributed by atoms with Crippen LogP contribution in [0.1, 0.15) is 28.5 Å². The van der Waals surface area contributed by atoms with Crippen molar-refractivity contribution in [3.63, 3.8) is 0 Å². The zero-order valence-electron chi connectivity index (χ0n) is 14.6. The summed E-state index contributed by atoms with van der Waals surface area (Å²) in [6.07, 6.45) is 7.74. The Bertz CT molecular complexity index is 1030. The Hall–Kier alpha value is -2.54. The van der Waals surface area contributed by atoms with Gasteiger partial charge in [-0.05, 0) is 33.3 Å². The third-order valence-electron chi connectivity index (χ3n) is 4.19. The van der Waals surface area contributed by atoms with Crippen LogP contribution in [0, 0.1) is 20.8 Å². The number of hydrogen-bond acceptors (Lipinski definition) is 5. The summed E-state index contributed by atoms with van der Waals surface area (Å²) >= 11 is 1.73. The lowest BCUT2D eigenvalue weighted by Gasteiger charge is -2.07. The van der Waals surface area contributed by atoms with Gasteiger partial charge in [0.1, 0.15) is 5.82 Å². The molecular weight excluding hydrogens is 332 g/mol. The van der Waals surface area contributed by atoms with Crippen LogP contribution >= 0.6 is 11.3 Å². The van der Waals surface area contributed by atoms with Crippen LogP contribution < -0.4 is 0 Å². The average Bonchev–Trinajstić information content (AvgIpc) is 3.27. The van der Waals surface area contributed by atoms with Gasteiger partial charge in [-0.3, -0.25) is 0 Å². The molecule has 4 aromatic rings. The zero-order valence-corrected chi connectivity index (χ0v) is 15.4. The second kappa shape index (κ2) is 6.40. The lowest BCUT2D eigenvalue weighted by molar-refractivity contribution is 0.646. The molecule has 0 bridgehead atoms. The molecule has 0 aliphatic carbocycles. The summed E-state index contributed by atoms with van der Waals surface area (Å²) in [4.78, 5) is 13.7. The summed E-state index contributed by atoms with van der Waals surface area (Å²) in [5, 5.41) is 7.78. The van der Waals surface area contributed by atoms with Crippen molar-refractivity contribution in [3.8, 4) is 11.4 Å². The number of thiazole rings is 1. The molecule has 6 nitrogen and oxygen atoms in total. The van der Waals surface area contributed by atoms with Crippen molar-refractivity contribution in [2.45, 2.75) is 40.2 Å². The topological polar surface area (TPSA) is 60.9 Å². The predicted octanol–water partition coefficient (Wildman–Crippen LogP) is 3.61. The number of aromatic nitrogens is 6. The number of aryl methyl sites for hydroxylation is 5. The van der Waals surface area contributed by atoms with Gasteiger partial charge < -0.3 is 4.57 Å². The number of rotatable bonds is 5. The first kappa shape index (κ1) is 16.0. The minimum absolute atomic E-state index is 0.862. The molecule has 0 atom stereocenters. The highest BCUT2D eigenvalue weighted by Gasteiger charge is 2.15. The molecule has 4 rings (SSSR count). The molecule has 0 saturated heterocycles. The smallest absolute Gasteiger partial charge is 0.166 e. The van der Waals surface area contributed by atoms with E-state index in [9.17, 15) is 0 Å². The van der Waals surface area contributed by atoms with Crippen LogP contribution in [0.3, 0.4) is 0 Å². The molecule has 128 valence electrons. The summed E-state index contributed by atoms with van der Waals surface area (Å²) in [5.41, 5.74) is 5.00. The summed E-state index contributed by atoms with van der Waals surface area (Å²) < 4.78 is 4.05. The Kier molecular flexibility index (Phi) is 4.09. The van der Waals surface area contributed by atoms with E-state index in [1.165, 1.54) is 5.01 Å². The Morgan fingerprint density at radius 2 is 2.00 bits per heavy atom. The number of fused-ring (bicyclic) bond motifs is 1. The first-order chi connectivity index (χ1) is 12.1. The van der Waals surface area contributed by atoms with Crippen molar-refractivity contribution < 1.29 is 0 Å². The molecule has 25 heavy (non-hydrogen) atoms. The predicted molar refractivity (Wildman–Crippen MR) is 98.9 cm³/mol. The van der Waals surface area contributed by atoms with Gasteiger partial charge in [-0.1, -0.05) is 0 Å². The Balaban J connectivity index is 1.59. The summed E-state index contributed by atoms with van der Waals surface area (Å²) in [7, 11) is 0. The van der Waals surface area contributed by atoms with Gasteiger partial charge >= 0.3 is 0 Å². The van der Waals surface area contributed by atoms with Crippen molar-refractivity contribution >= 4 is 17.0 Å². The summed E-state index contributed by atoms with van der Waals surface area (Å²) in [5.74, 6) is 0.919. The largest absolute Gasteiger partial charge is 0.331 e. The van der Waals surface area contributed by atoms with Crippen LogP contribution in [-0.4, -0.2) is 29.1 Å². The van der Waals surface area contributed by atoms with Crippen LogP contribution in [0.2, 0.25) is 0 Å². The van der Waals surface area contributed by atoms with Crippen molar-refractivity contribution in [2.24, 2.45) is 0 Å². The van der Waals surface area contributed by atoms with Gasteiger partial charge in [0.25, 0.3) is 0 Å². The molecule has 0 unspecified atom stereocenters. The van der Waals surface area contributed by atoms with E-state index < -0.39 is 0 Å². The summed E-state index contributed by atoms with van der Waals surface area (Å²) in [6, 6.07) is 2.03. The molecule has 0 amide bonds. The zero-order chi connectivity index (χ0) is 17.4. The molecule has 4 heterocycles. The van der Waals surface area contributed by atoms with Crippen molar-refractivity contribution in [1.82, 2.24) is 29.1 Å². The van der Waals surface area contributed by atoms with E-state index in [1.54, 1.807) is 11.3 Å². The van der Waals surface area contributed by atoms with E-state index in [1.807, 2.05) is 49.9 Å². The Labute approximate surface area is 150 Å². The molecule has 0 saturated carbocycles. The molecule has 0 aliphatic heterocycles. The fourth-order valence-electron chi connectivity index (χ4n) is 3.08. The van der Waals surface area contributed by atoms with E-state index in [0.717, 1.165) is 53.5 Å². The minimum atomic E-state index is 0.862. The number of nitrogens with zero attached hydrogens (tertiary/aromatic N) is 6. The molecule has 0 spiro atoms. The maximum Gasteiger partial charge on any atom is 0.166 e. The number of imidazole rings is 1. The maximum atomic E-state index is 4.66. The third kappa shape index (κ3) is 3.07. The highest BCUT2D eigenvalue weighted by atomic mass is 32.1. The SMILES string of the molecule is Cc1csc(CCCn2ccnc2-c2cnn3c(C)cc(C)nc23)n1.